The van der Waals surface area contributed by atoms with Gasteiger partial charge in [0.25, 0.3) is 11.5 Å². The van der Waals surface area contributed by atoms with E-state index in [0.29, 0.717) is 18.6 Å². The molecule has 29 heavy (non-hydrogen) atoms. The van der Waals surface area contributed by atoms with Crippen LogP contribution < -0.4 is 10.9 Å². The summed E-state index contributed by atoms with van der Waals surface area (Å²) in [5.74, 6) is 2.49. The number of terminal acetylenes is 1. The molecule has 0 aliphatic carbocycles. The molecule has 3 heterocycles. The van der Waals surface area contributed by atoms with Crippen molar-refractivity contribution >= 4 is 29.2 Å². The minimum Gasteiger partial charge on any atom is -0.349 e. The van der Waals surface area contributed by atoms with Crippen LogP contribution in [-0.4, -0.2) is 40.0 Å². The molecule has 2 aromatic rings. The van der Waals surface area contributed by atoms with Gasteiger partial charge in [-0.2, -0.15) is 0 Å². The molecule has 4 rings (SSSR count). The summed E-state index contributed by atoms with van der Waals surface area (Å²) >= 11 is 0. The van der Waals surface area contributed by atoms with Crippen LogP contribution in [-0.2, 0) is 0 Å². The number of fused-ring (bicyclic) bond motifs is 3. The van der Waals surface area contributed by atoms with E-state index in [9.17, 15) is 9.59 Å². The summed E-state index contributed by atoms with van der Waals surface area (Å²) in [7, 11) is 0. The van der Waals surface area contributed by atoms with Gasteiger partial charge < -0.3 is 9.88 Å². The molecule has 0 radical (unpaired) electrons. The smallest absolute Gasteiger partial charge is 0.264 e. The second-order valence-corrected chi connectivity index (χ2v) is 8.29. The second kappa shape index (κ2) is 8.61. The largest absolute Gasteiger partial charge is 0.349 e. The third kappa shape index (κ3) is 3.92. The summed E-state index contributed by atoms with van der Waals surface area (Å²) < 4.78 is 1.71. The average molecular weight is 414 g/mol. The van der Waals surface area contributed by atoms with Gasteiger partial charge in [-0.1, -0.05) is 24.1 Å². The molecule has 2 aliphatic heterocycles. The van der Waals surface area contributed by atoms with Gasteiger partial charge in [0.15, 0.2) is 0 Å². The summed E-state index contributed by atoms with van der Waals surface area (Å²) in [5, 5.41) is 4.05. The normalized spacial score (nSPS) is 23.6. The Labute approximate surface area is 177 Å². The number of nitrogens with zero attached hydrogens (tertiary/aromatic N) is 2. The number of benzene rings is 1. The number of hydrogen-bond acceptors (Lipinski definition) is 3. The fourth-order valence-electron chi connectivity index (χ4n) is 4.98. The van der Waals surface area contributed by atoms with Crippen LogP contribution in [0.3, 0.4) is 0 Å². The van der Waals surface area contributed by atoms with E-state index >= 15 is 0 Å². The molecule has 6 heteroatoms. The monoisotopic (exact) mass is 413 g/mol. The lowest BCUT2D eigenvalue weighted by Crippen LogP contribution is -2.51. The van der Waals surface area contributed by atoms with Gasteiger partial charge >= 0.3 is 0 Å². The molecule has 0 saturated carbocycles. The third-order valence-corrected chi connectivity index (χ3v) is 6.20. The maximum absolute atomic E-state index is 13.1. The van der Waals surface area contributed by atoms with Crippen molar-refractivity contribution in [1.82, 2.24) is 14.8 Å². The Morgan fingerprint density at radius 3 is 2.52 bits per heavy atom. The lowest BCUT2D eigenvalue weighted by atomic mass is 9.97. The van der Waals surface area contributed by atoms with E-state index in [1.807, 2.05) is 38.1 Å². The lowest BCUT2D eigenvalue weighted by Gasteiger charge is -2.38. The van der Waals surface area contributed by atoms with E-state index in [1.54, 1.807) is 10.6 Å². The average Bonchev–Trinajstić information content (AvgIpc) is 2.90. The quantitative estimate of drug-likeness (QED) is 0.782. The van der Waals surface area contributed by atoms with Gasteiger partial charge in [0, 0.05) is 24.2 Å². The first-order valence-electron chi connectivity index (χ1n) is 10.1. The highest BCUT2D eigenvalue weighted by Crippen LogP contribution is 2.35. The minimum absolute atomic E-state index is 0. The van der Waals surface area contributed by atoms with Gasteiger partial charge in [0.2, 0.25) is 0 Å². The maximum Gasteiger partial charge on any atom is 0.264 e. The Kier molecular flexibility index (Phi) is 6.36. The molecule has 2 bridgehead atoms. The summed E-state index contributed by atoms with van der Waals surface area (Å²) in [4.78, 5) is 28.5. The zero-order chi connectivity index (χ0) is 19.8. The molecule has 154 valence electrons. The second-order valence-electron chi connectivity index (χ2n) is 8.29. The zero-order valence-electron chi connectivity index (χ0n) is 16.9. The molecule has 2 aliphatic rings. The molecule has 1 amide bonds. The maximum atomic E-state index is 13.1. The predicted molar refractivity (Wildman–Crippen MR) is 119 cm³/mol. The topological polar surface area (TPSA) is 54.3 Å². The molecule has 2 atom stereocenters. The van der Waals surface area contributed by atoms with Gasteiger partial charge in [-0.05, 0) is 57.0 Å². The Hall–Kier alpha value is -2.29. The van der Waals surface area contributed by atoms with Crippen molar-refractivity contribution in [2.24, 2.45) is 0 Å². The van der Waals surface area contributed by atoms with Gasteiger partial charge in [-0.25, -0.2) is 0 Å². The van der Waals surface area contributed by atoms with Crippen molar-refractivity contribution in [3.05, 3.63) is 46.2 Å². The zero-order valence-corrected chi connectivity index (χ0v) is 17.7. The summed E-state index contributed by atoms with van der Waals surface area (Å²) in [5.41, 5.74) is 0.865. The fourth-order valence-corrected chi connectivity index (χ4v) is 4.98. The van der Waals surface area contributed by atoms with Crippen LogP contribution in [0, 0.1) is 12.3 Å². The highest BCUT2D eigenvalue weighted by Gasteiger charge is 2.40. The predicted octanol–water partition coefficient (Wildman–Crippen LogP) is 3.36. The highest BCUT2D eigenvalue weighted by atomic mass is 35.5. The number of pyridine rings is 1. The minimum atomic E-state index is -0.264. The number of hydrogen-bond donors (Lipinski definition) is 1. The van der Waals surface area contributed by atoms with Crippen LogP contribution in [0.1, 0.15) is 55.9 Å². The van der Waals surface area contributed by atoms with Crippen LogP contribution in [0.4, 0.5) is 0 Å². The van der Waals surface area contributed by atoms with Gasteiger partial charge in [-0.3, -0.25) is 14.5 Å². The van der Waals surface area contributed by atoms with Gasteiger partial charge in [0.05, 0.1) is 12.1 Å². The SMILES string of the molecule is C#CCN1C2CCC1CC(NC(=O)c1cc3ccccc3n(C(C)C)c1=O)C2.Cl. The van der Waals surface area contributed by atoms with Crippen LogP contribution in [0.15, 0.2) is 35.1 Å². The molecule has 5 nitrogen and oxygen atoms in total. The molecular formula is C23H28ClN3O2. The molecule has 2 unspecified atom stereocenters. The molecule has 1 aromatic heterocycles. The van der Waals surface area contributed by atoms with Gasteiger partial charge in [0.1, 0.15) is 5.56 Å². The molecular weight excluding hydrogens is 386 g/mol. The number of amides is 1. The number of carbonyl (C=O) groups excluding carboxylic acids is 1. The Morgan fingerprint density at radius 2 is 1.90 bits per heavy atom. The number of nitrogens with one attached hydrogen (secondary N) is 1. The molecule has 2 saturated heterocycles. The summed E-state index contributed by atoms with van der Waals surface area (Å²) in [6.45, 7) is 4.61. The van der Waals surface area contributed by atoms with Crippen molar-refractivity contribution in [2.45, 2.75) is 63.7 Å². The first-order valence-corrected chi connectivity index (χ1v) is 10.1. The molecule has 1 aromatic carbocycles. The van der Waals surface area contributed by atoms with E-state index < -0.39 is 0 Å². The number of carbonyl (C=O) groups is 1. The van der Waals surface area contributed by atoms with Crippen molar-refractivity contribution in [3.63, 3.8) is 0 Å². The van der Waals surface area contributed by atoms with Crippen molar-refractivity contribution < 1.29 is 4.79 Å². The number of aromatic nitrogens is 1. The summed E-state index contributed by atoms with van der Waals surface area (Å²) in [6, 6.07) is 10.4. The summed E-state index contributed by atoms with van der Waals surface area (Å²) in [6.07, 6.45) is 9.57. The van der Waals surface area contributed by atoms with Crippen molar-refractivity contribution in [2.75, 3.05) is 6.54 Å². The van der Waals surface area contributed by atoms with E-state index in [4.69, 9.17) is 6.42 Å². The molecule has 2 fully saturated rings. The van der Waals surface area contributed by atoms with Crippen LogP contribution in [0.25, 0.3) is 10.9 Å². The lowest BCUT2D eigenvalue weighted by molar-refractivity contribution is 0.0867. The van der Waals surface area contributed by atoms with E-state index in [2.05, 4.69) is 16.1 Å². The Morgan fingerprint density at radius 1 is 1.24 bits per heavy atom. The number of halogens is 1. The standard InChI is InChI=1S/C23H27N3O2.ClH/c1-4-11-25-18-9-10-19(25)14-17(13-18)24-22(27)20-12-16-7-5-6-8-21(16)26(15(2)3)23(20)28;/h1,5-8,12,15,17-19H,9-11,13-14H2,2-3H3,(H,24,27);1H. The fraction of sp³-hybridized carbons (Fsp3) is 0.478. The van der Waals surface area contributed by atoms with Crippen molar-refractivity contribution in [3.8, 4) is 12.3 Å². The van der Waals surface area contributed by atoms with Crippen LogP contribution in [0.5, 0.6) is 0 Å². The van der Waals surface area contributed by atoms with Crippen LogP contribution in [0.2, 0.25) is 0 Å². The van der Waals surface area contributed by atoms with Gasteiger partial charge in [-0.15, -0.1) is 18.8 Å². The van der Waals surface area contributed by atoms with E-state index in [0.717, 1.165) is 36.6 Å². The number of rotatable bonds is 4. The highest BCUT2D eigenvalue weighted by molar-refractivity contribution is 5.97. The molecule has 0 spiro atoms. The number of piperidine rings is 1. The first kappa shape index (κ1) is 21.4. The number of para-hydroxylation sites is 1. The first-order chi connectivity index (χ1) is 13.5. The van der Waals surface area contributed by atoms with E-state index in [1.165, 1.54) is 0 Å². The van der Waals surface area contributed by atoms with E-state index in [-0.39, 0.29) is 41.5 Å². The Bertz CT molecular complexity index is 993. The Balaban J connectivity index is 0.00000240. The molecule has 1 N–H and O–H groups in total. The van der Waals surface area contributed by atoms with Crippen LogP contribution >= 0.6 is 12.4 Å². The third-order valence-electron chi connectivity index (χ3n) is 6.20. The van der Waals surface area contributed by atoms with Crippen molar-refractivity contribution in [1.29, 1.82) is 0 Å².